The number of halogens is 1. The second-order valence-corrected chi connectivity index (χ2v) is 4.78. The van der Waals surface area contributed by atoms with Gasteiger partial charge in [-0.2, -0.15) is 4.98 Å². The summed E-state index contributed by atoms with van der Waals surface area (Å²) in [4.78, 5) is 14.4. The van der Waals surface area contributed by atoms with Crippen LogP contribution in [0.2, 0.25) is 5.02 Å². The molecule has 7 heteroatoms. The smallest absolute Gasteiger partial charge is 0.295 e. The van der Waals surface area contributed by atoms with Crippen molar-refractivity contribution in [2.24, 2.45) is 0 Å². The minimum Gasteiger partial charge on any atom is -0.424 e. The number of hydrogen-bond donors (Lipinski definition) is 1. The van der Waals surface area contributed by atoms with Crippen LogP contribution in [0.25, 0.3) is 11.1 Å². The predicted octanol–water partition coefficient (Wildman–Crippen LogP) is 4.00. The molecule has 3 rings (SSSR count). The van der Waals surface area contributed by atoms with Crippen LogP contribution in [-0.2, 0) is 6.54 Å². The van der Waals surface area contributed by atoms with Gasteiger partial charge in [0.1, 0.15) is 5.52 Å². The Morgan fingerprint density at radius 3 is 2.86 bits per heavy atom. The van der Waals surface area contributed by atoms with Crippen LogP contribution in [-0.4, -0.2) is 9.91 Å². The molecule has 1 aromatic heterocycles. The van der Waals surface area contributed by atoms with Crippen molar-refractivity contribution < 1.29 is 9.34 Å². The molecule has 0 fully saturated rings. The number of fused-ring (bicyclic) bond motifs is 1. The van der Waals surface area contributed by atoms with E-state index in [9.17, 15) is 10.1 Å². The summed E-state index contributed by atoms with van der Waals surface area (Å²) in [7, 11) is 0. The van der Waals surface area contributed by atoms with Gasteiger partial charge in [-0.3, -0.25) is 10.1 Å². The maximum atomic E-state index is 10.7. The fourth-order valence-electron chi connectivity index (χ4n) is 1.92. The van der Waals surface area contributed by atoms with Crippen molar-refractivity contribution in [3.8, 4) is 0 Å². The summed E-state index contributed by atoms with van der Waals surface area (Å²) in [5.74, 6) is 0. The third-order valence-electron chi connectivity index (χ3n) is 2.97. The first kappa shape index (κ1) is 13.4. The molecular weight excluding hydrogens is 294 g/mol. The van der Waals surface area contributed by atoms with E-state index in [4.69, 9.17) is 16.0 Å². The molecule has 0 saturated carbocycles. The number of hydrogen-bond acceptors (Lipinski definition) is 5. The van der Waals surface area contributed by atoms with Crippen LogP contribution in [0.4, 0.5) is 11.7 Å². The van der Waals surface area contributed by atoms with Crippen LogP contribution in [0, 0.1) is 10.1 Å². The first-order valence-corrected chi connectivity index (χ1v) is 6.53. The van der Waals surface area contributed by atoms with E-state index in [0.717, 1.165) is 5.56 Å². The number of nitrogens with one attached hydrogen (secondary N) is 1. The molecule has 0 aliphatic carbocycles. The van der Waals surface area contributed by atoms with Gasteiger partial charge < -0.3 is 9.73 Å². The van der Waals surface area contributed by atoms with Crippen molar-refractivity contribution >= 4 is 34.4 Å². The van der Waals surface area contributed by atoms with Gasteiger partial charge in [0, 0.05) is 23.7 Å². The number of non-ortho nitro benzene ring substituents is 1. The highest BCUT2D eigenvalue weighted by atomic mass is 35.5. The Hall–Kier alpha value is -2.60. The Morgan fingerprint density at radius 2 is 2.10 bits per heavy atom. The van der Waals surface area contributed by atoms with Crippen molar-refractivity contribution in [2.45, 2.75) is 6.54 Å². The molecule has 0 atom stereocenters. The van der Waals surface area contributed by atoms with Gasteiger partial charge in [0.2, 0.25) is 0 Å². The van der Waals surface area contributed by atoms with Crippen LogP contribution >= 0.6 is 11.6 Å². The van der Waals surface area contributed by atoms with Gasteiger partial charge in [0.05, 0.1) is 4.92 Å². The third kappa shape index (κ3) is 2.80. The van der Waals surface area contributed by atoms with E-state index < -0.39 is 4.92 Å². The zero-order chi connectivity index (χ0) is 14.8. The van der Waals surface area contributed by atoms with Crippen molar-refractivity contribution in [2.75, 3.05) is 5.32 Å². The molecule has 1 heterocycles. The number of benzene rings is 2. The number of anilines is 1. The monoisotopic (exact) mass is 303 g/mol. The summed E-state index contributed by atoms with van der Waals surface area (Å²) in [5.41, 5.74) is 1.81. The number of aromatic nitrogens is 1. The van der Waals surface area contributed by atoms with Crippen LogP contribution in [0.5, 0.6) is 0 Å². The van der Waals surface area contributed by atoms with E-state index in [0.29, 0.717) is 28.7 Å². The standard InChI is InChI=1S/C14H10ClN3O3/c15-11-4-2-1-3-9(11)8-16-14-17-12-7-10(18(19)20)5-6-13(12)21-14/h1-7H,8H2,(H,16,17). The fraction of sp³-hybridized carbons (Fsp3) is 0.0714. The molecule has 1 N–H and O–H groups in total. The largest absolute Gasteiger partial charge is 0.424 e. The Bertz CT molecular complexity index is 816. The van der Waals surface area contributed by atoms with Crippen molar-refractivity contribution in [1.82, 2.24) is 4.98 Å². The number of nitro benzene ring substituents is 1. The second-order valence-electron chi connectivity index (χ2n) is 4.37. The zero-order valence-corrected chi connectivity index (χ0v) is 11.5. The molecule has 2 aromatic carbocycles. The van der Waals surface area contributed by atoms with E-state index in [2.05, 4.69) is 10.3 Å². The van der Waals surface area contributed by atoms with Gasteiger partial charge in [-0.15, -0.1) is 0 Å². The average molecular weight is 304 g/mol. The van der Waals surface area contributed by atoms with Crippen molar-refractivity contribution in [3.63, 3.8) is 0 Å². The first-order valence-electron chi connectivity index (χ1n) is 6.16. The van der Waals surface area contributed by atoms with Crippen LogP contribution in [0.3, 0.4) is 0 Å². The highest BCUT2D eigenvalue weighted by Crippen LogP contribution is 2.24. The summed E-state index contributed by atoms with van der Waals surface area (Å²) in [6.07, 6.45) is 0. The lowest BCUT2D eigenvalue weighted by atomic mass is 10.2. The molecule has 0 unspecified atom stereocenters. The maximum absolute atomic E-state index is 10.7. The summed E-state index contributed by atoms with van der Waals surface area (Å²) in [6, 6.07) is 12.0. The summed E-state index contributed by atoms with van der Waals surface area (Å²) >= 11 is 6.06. The van der Waals surface area contributed by atoms with Crippen LogP contribution < -0.4 is 5.32 Å². The summed E-state index contributed by atoms with van der Waals surface area (Å²) in [5, 5.41) is 14.4. The van der Waals surface area contributed by atoms with Crippen LogP contribution in [0.1, 0.15) is 5.56 Å². The van der Waals surface area contributed by atoms with Gasteiger partial charge in [0.15, 0.2) is 5.58 Å². The lowest BCUT2D eigenvalue weighted by molar-refractivity contribution is -0.384. The first-order chi connectivity index (χ1) is 10.1. The zero-order valence-electron chi connectivity index (χ0n) is 10.7. The van der Waals surface area contributed by atoms with E-state index in [1.165, 1.54) is 18.2 Å². The van der Waals surface area contributed by atoms with Gasteiger partial charge in [-0.1, -0.05) is 29.8 Å². The molecule has 0 amide bonds. The Morgan fingerprint density at radius 1 is 1.29 bits per heavy atom. The van der Waals surface area contributed by atoms with Gasteiger partial charge in [-0.25, -0.2) is 0 Å². The maximum Gasteiger partial charge on any atom is 0.295 e. The molecule has 3 aromatic rings. The van der Waals surface area contributed by atoms with Crippen molar-refractivity contribution in [3.05, 3.63) is 63.2 Å². The molecule has 0 radical (unpaired) electrons. The normalized spacial score (nSPS) is 10.7. The van der Waals surface area contributed by atoms with Gasteiger partial charge in [-0.05, 0) is 17.7 Å². The summed E-state index contributed by atoms with van der Waals surface area (Å²) in [6.45, 7) is 0.453. The predicted molar refractivity (Wildman–Crippen MR) is 79.4 cm³/mol. The van der Waals surface area contributed by atoms with E-state index in [1.54, 1.807) is 6.07 Å². The molecule has 0 aliphatic heterocycles. The molecule has 21 heavy (non-hydrogen) atoms. The molecule has 6 nitrogen and oxygen atoms in total. The van der Waals surface area contributed by atoms with E-state index >= 15 is 0 Å². The minimum atomic E-state index is -0.467. The van der Waals surface area contributed by atoms with E-state index in [1.807, 2.05) is 18.2 Å². The van der Waals surface area contributed by atoms with Gasteiger partial charge in [0.25, 0.3) is 11.7 Å². The fourth-order valence-corrected chi connectivity index (χ4v) is 2.12. The van der Waals surface area contributed by atoms with Crippen molar-refractivity contribution in [1.29, 1.82) is 0 Å². The number of nitro groups is 1. The number of nitrogens with zero attached hydrogens (tertiary/aromatic N) is 2. The molecule has 0 bridgehead atoms. The Kier molecular flexibility index (Phi) is 3.45. The lowest BCUT2D eigenvalue weighted by Gasteiger charge is -2.03. The average Bonchev–Trinajstić information content (AvgIpc) is 2.88. The highest BCUT2D eigenvalue weighted by molar-refractivity contribution is 6.31. The second kappa shape index (κ2) is 5.41. The number of oxazole rings is 1. The topological polar surface area (TPSA) is 81.2 Å². The molecule has 106 valence electrons. The van der Waals surface area contributed by atoms with Gasteiger partial charge >= 0.3 is 0 Å². The molecule has 0 spiro atoms. The number of rotatable bonds is 4. The lowest BCUT2D eigenvalue weighted by Crippen LogP contribution is -1.99. The molecule has 0 aliphatic rings. The molecule has 0 saturated heterocycles. The minimum absolute atomic E-state index is 0.0200. The highest BCUT2D eigenvalue weighted by Gasteiger charge is 2.11. The summed E-state index contributed by atoms with van der Waals surface area (Å²) < 4.78 is 5.48. The third-order valence-corrected chi connectivity index (χ3v) is 3.34. The SMILES string of the molecule is O=[N+]([O-])c1ccc2oc(NCc3ccccc3Cl)nc2c1. The van der Waals surface area contributed by atoms with Crippen LogP contribution in [0.15, 0.2) is 46.9 Å². The molecular formula is C14H10ClN3O3. The quantitative estimate of drug-likeness (QED) is 0.582. The Labute approximate surface area is 124 Å². The Balaban J connectivity index is 1.82. The van der Waals surface area contributed by atoms with E-state index in [-0.39, 0.29) is 5.69 Å².